The Bertz CT molecular complexity index is 683. The van der Waals surface area contributed by atoms with Gasteiger partial charge in [-0.15, -0.1) is 35.3 Å². The van der Waals surface area contributed by atoms with Crippen molar-refractivity contribution < 1.29 is 18.9 Å². The number of hydrogen-bond donors (Lipinski definition) is 0. The SMILES string of the molecule is CC1=Cc2ccc3c4c(ccc(c24)[CH-]1)C=C(C)C3.[Li+]. The molecule has 0 aromatic heterocycles. The second-order valence-electron chi connectivity index (χ2n) is 5.51. The van der Waals surface area contributed by atoms with Crippen molar-refractivity contribution in [1.82, 2.24) is 0 Å². The van der Waals surface area contributed by atoms with Crippen LogP contribution in [0.4, 0.5) is 0 Å². The van der Waals surface area contributed by atoms with Gasteiger partial charge < -0.3 is 0 Å². The van der Waals surface area contributed by atoms with Crippen LogP contribution in [0.3, 0.4) is 0 Å². The number of rotatable bonds is 0. The van der Waals surface area contributed by atoms with Crippen molar-refractivity contribution in [3.8, 4) is 0 Å². The van der Waals surface area contributed by atoms with Crippen LogP contribution in [0.5, 0.6) is 0 Å². The van der Waals surface area contributed by atoms with Crippen molar-refractivity contribution in [2.75, 3.05) is 0 Å². The third kappa shape index (κ3) is 1.79. The molecule has 0 N–H and O–H groups in total. The number of benzene rings is 2. The van der Waals surface area contributed by atoms with Gasteiger partial charge in [-0.05, 0) is 29.9 Å². The van der Waals surface area contributed by atoms with Crippen LogP contribution in [-0.4, -0.2) is 0 Å². The van der Waals surface area contributed by atoms with E-state index in [0.29, 0.717) is 0 Å². The van der Waals surface area contributed by atoms with Crippen LogP contribution in [-0.2, 0) is 6.42 Å². The number of allylic oxidation sites excluding steroid dienone is 2. The molecule has 2 aliphatic rings. The van der Waals surface area contributed by atoms with E-state index in [9.17, 15) is 0 Å². The summed E-state index contributed by atoms with van der Waals surface area (Å²) >= 11 is 0. The summed E-state index contributed by atoms with van der Waals surface area (Å²) in [6.07, 6.45) is 8.01. The number of hydrogen-bond acceptors (Lipinski definition) is 0. The maximum atomic E-state index is 2.33. The average Bonchev–Trinajstić information content (AvgIpc) is 2.34. The van der Waals surface area contributed by atoms with Gasteiger partial charge >= 0.3 is 18.9 Å². The molecule has 4 rings (SSSR count). The molecule has 88 valence electrons. The molecule has 2 aromatic carbocycles. The van der Waals surface area contributed by atoms with Crippen molar-refractivity contribution in [3.63, 3.8) is 0 Å². The maximum Gasteiger partial charge on any atom is 1.00 e. The molecule has 2 aliphatic carbocycles. The van der Waals surface area contributed by atoms with E-state index in [1.54, 1.807) is 0 Å². The fourth-order valence-electron chi connectivity index (χ4n) is 3.31. The van der Waals surface area contributed by atoms with Crippen molar-refractivity contribution in [3.05, 3.63) is 64.1 Å². The zero-order chi connectivity index (χ0) is 12.3. The van der Waals surface area contributed by atoms with Gasteiger partial charge in [-0.3, -0.25) is 0 Å². The molecule has 0 heterocycles. The van der Waals surface area contributed by atoms with E-state index in [4.69, 9.17) is 0 Å². The van der Waals surface area contributed by atoms with Crippen LogP contribution in [0.25, 0.3) is 22.9 Å². The Labute approximate surface area is 126 Å². The van der Waals surface area contributed by atoms with E-state index in [1.165, 1.54) is 44.2 Å². The van der Waals surface area contributed by atoms with Gasteiger partial charge in [-0.1, -0.05) is 42.2 Å². The Balaban J connectivity index is 0.00000110. The molecule has 0 aliphatic heterocycles. The van der Waals surface area contributed by atoms with Gasteiger partial charge in [0.05, 0.1) is 0 Å². The van der Waals surface area contributed by atoms with Gasteiger partial charge in [0.2, 0.25) is 0 Å². The Morgan fingerprint density at radius 3 is 2.47 bits per heavy atom. The van der Waals surface area contributed by atoms with Gasteiger partial charge in [0.15, 0.2) is 0 Å². The van der Waals surface area contributed by atoms with E-state index in [-0.39, 0.29) is 18.9 Å². The van der Waals surface area contributed by atoms with E-state index in [2.05, 4.69) is 56.7 Å². The third-order valence-electron chi connectivity index (χ3n) is 3.98. The Morgan fingerprint density at radius 2 is 1.63 bits per heavy atom. The fraction of sp³-hybridized carbons (Fsp3) is 0.167. The first kappa shape index (κ1) is 12.7. The Kier molecular flexibility index (Phi) is 2.89. The summed E-state index contributed by atoms with van der Waals surface area (Å²) in [6, 6.07) is 9.11. The molecular formula is C18H15Li. The molecule has 2 aromatic rings. The van der Waals surface area contributed by atoms with Crippen LogP contribution in [0.2, 0.25) is 0 Å². The van der Waals surface area contributed by atoms with Crippen LogP contribution < -0.4 is 18.9 Å². The standard InChI is InChI=1S/C18H15.Li/c1-11-7-13-3-5-15-9-12(2)10-16-6-4-14(8-11)17(13)18(15)16;/h3-9H,10H2,1-2H3;/q-1;+1. The van der Waals surface area contributed by atoms with Crippen LogP contribution in [0.15, 0.2) is 35.4 Å². The molecule has 19 heavy (non-hydrogen) atoms. The predicted molar refractivity (Wildman–Crippen MR) is 78.4 cm³/mol. The van der Waals surface area contributed by atoms with E-state index in [1.807, 2.05) is 0 Å². The topological polar surface area (TPSA) is 0 Å². The maximum absolute atomic E-state index is 2.33. The van der Waals surface area contributed by atoms with Crippen molar-refractivity contribution >= 4 is 22.9 Å². The molecule has 1 heteroatoms. The first-order valence-electron chi connectivity index (χ1n) is 6.51. The summed E-state index contributed by atoms with van der Waals surface area (Å²) in [7, 11) is 0. The van der Waals surface area contributed by atoms with Gasteiger partial charge in [-0.2, -0.15) is 0 Å². The van der Waals surface area contributed by atoms with Crippen molar-refractivity contribution in [1.29, 1.82) is 0 Å². The smallest absolute Gasteiger partial charge is 0.141 e. The second-order valence-corrected chi connectivity index (χ2v) is 5.51. The van der Waals surface area contributed by atoms with Crippen molar-refractivity contribution in [2.24, 2.45) is 0 Å². The van der Waals surface area contributed by atoms with Gasteiger partial charge in [0.1, 0.15) is 0 Å². The summed E-state index contributed by atoms with van der Waals surface area (Å²) < 4.78 is 0. The monoisotopic (exact) mass is 238 g/mol. The Hall–Kier alpha value is -1.35. The molecular weight excluding hydrogens is 223 g/mol. The normalized spacial score (nSPS) is 15.3. The minimum Gasteiger partial charge on any atom is -0.141 e. The van der Waals surface area contributed by atoms with Crippen molar-refractivity contribution in [2.45, 2.75) is 20.3 Å². The fourth-order valence-corrected chi connectivity index (χ4v) is 3.31. The summed E-state index contributed by atoms with van der Waals surface area (Å²) in [4.78, 5) is 0. The molecule has 0 spiro atoms. The van der Waals surface area contributed by atoms with E-state index in [0.717, 1.165) is 6.42 Å². The summed E-state index contributed by atoms with van der Waals surface area (Å²) in [5.41, 5.74) is 8.41. The molecule has 0 unspecified atom stereocenters. The summed E-state index contributed by atoms with van der Waals surface area (Å²) in [6.45, 7) is 4.39. The van der Waals surface area contributed by atoms with Gasteiger partial charge in [0.25, 0.3) is 0 Å². The summed E-state index contributed by atoms with van der Waals surface area (Å²) in [5.74, 6) is 0. The molecule has 0 radical (unpaired) electrons. The Morgan fingerprint density at radius 1 is 0.895 bits per heavy atom. The molecule has 0 saturated heterocycles. The van der Waals surface area contributed by atoms with Crippen LogP contribution in [0.1, 0.15) is 36.1 Å². The van der Waals surface area contributed by atoms with Crippen LogP contribution >= 0.6 is 0 Å². The molecule has 0 saturated carbocycles. The largest absolute Gasteiger partial charge is 1.00 e. The third-order valence-corrected chi connectivity index (χ3v) is 3.98. The minimum atomic E-state index is 0. The quantitative estimate of drug-likeness (QED) is 0.485. The summed E-state index contributed by atoms with van der Waals surface area (Å²) in [5, 5.41) is 2.91. The first-order valence-corrected chi connectivity index (χ1v) is 6.51. The molecule has 0 atom stereocenters. The minimum absolute atomic E-state index is 0. The molecule has 0 nitrogen and oxygen atoms in total. The van der Waals surface area contributed by atoms with Crippen LogP contribution in [0, 0.1) is 6.42 Å². The predicted octanol–water partition coefficient (Wildman–Crippen LogP) is 1.77. The van der Waals surface area contributed by atoms with Gasteiger partial charge in [0, 0.05) is 0 Å². The zero-order valence-corrected chi connectivity index (χ0v) is 11.7. The first-order chi connectivity index (χ1) is 8.72. The second kappa shape index (κ2) is 4.34. The zero-order valence-electron chi connectivity index (χ0n) is 11.7. The molecule has 0 fully saturated rings. The van der Waals surface area contributed by atoms with E-state index < -0.39 is 0 Å². The molecule has 0 amide bonds. The van der Waals surface area contributed by atoms with Gasteiger partial charge in [-0.25, -0.2) is 0 Å². The molecule has 0 bridgehead atoms. The average molecular weight is 238 g/mol. The van der Waals surface area contributed by atoms with E-state index >= 15 is 0 Å².